The third-order valence-corrected chi connectivity index (χ3v) is 2.90. The summed E-state index contributed by atoms with van der Waals surface area (Å²) in [6.45, 7) is 2.22. The topological polar surface area (TPSA) is 26.3 Å². The molecule has 2 rings (SSSR count). The fraction of sp³-hybridized carbons (Fsp3) is 0.417. The van der Waals surface area contributed by atoms with Crippen LogP contribution < -0.4 is 4.74 Å². The molecule has 0 N–H and O–H groups in total. The van der Waals surface area contributed by atoms with Crippen molar-refractivity contribution >= 4 is 17.4 Å². The van der Waals surface area contributed by atoms with Gasteiger partial charge in [0.15, 0.2) is 5.78 Å². The van der Waals surface area contributed by atoms with Crippen LogP contribution in [0.25, 0.3) is 0 Å². The molecular formula is C12H13ClO2. The smallest absolute Gasteiger partial charge is 0.161 e. The molecule has 0 bridgehead atoms. The number of rotatable bonds is 4. The number of Topliss-reactive ketones (excluding diaryl/α,β-unsaturated/α-hetero) is 1. The Kier molecular flexibility index (Phi) is 2.96. The first-order valence-electron chi connectivity index (χ1n) is 5.10. The lowest BCUT2D eigenvalue weighted by atomic mass is 10.1. The summed E-state index contributed by atoms with van der Waals surface area (Å²) in [6, 6.07) is 5.32. The van der Waals surface area contributed by atoms with Gasteiger partial charge in [0.25, 0.3) is 0 Å². The summed E-state index contributed by atoms with van der Waals surface area (Å²) < 4.78 is 5.57. The van der Waals surface area contributed by atoms with Crippen LogP contribution in [0.15, 0.2) is 18.2 Å². The summed E-state index contributed by atoms with van der Waals surface area (Å²) >= 11 is 6.06. The van der Waals surface area contributed by atoms with Gasteiger partial charge in [0.05, 0.1) is 11.6 Å². The standard InChI is InChI=1S/C12H13ClO2/c1-8(14)10-3-2-4-11(12(10)13)15-7-9-5-6-9/h2-4,9H,5-7H2,1H3. The third kappa shape index (κ3) is 2.51. The predicted molar refractivity (Wildman–Crippen MR) is 59.7 cm³/mol. The Balaban J connectivity index is 2.14. The van der Waals surface area contributed by atoms with Crippen molar-refractivity contribution < 1.29 is 9.53 Å². The van der Waals surface area contributed by atoms with Gasteiger partial charge in [-0.05, 0) is 37.8 Å². The maximum absolute atomic E-state index is 11.2. The second-order valence-corrected chi connectivity index (χ2v) is 4.31. The van der Waals surface area contributed by atoms with Gasteiger partial charge >= 0.3 is 0 Å². The average Bonchev–Trinajstić information content (AvgIpc) is 2.99. The van der Waals surface area contributed by atoms with E-state index in [4.69, 9.17) is 16.3 Å². The van der Waals surface area contributed by atoms with Gasteiger partial charge in [-0.15, -0.1) is 0 Å². The van der Waals surface area contributed by atoms with Gasteiger partial charge in [-0.1, -0.05) is 17.7 Å². The molecule has 1 fully saturated rings. The second kappa shape index (κ2) is 4.23. The fourth-order valence-corrected chi connectivity index (χ4v) is 1.70. The van der Waals surface area contributed by atoms with E-state index in [1.54, 1.807) is 18.2 Å². The van der Waals surface area contributed by atoms with Crippen LogP contribution in [-0.4, -0.2) is 12.4 Å². The molecule has 1 aliphatic carbocycles. The van der Waals surface area contributed by atoms with Gasteiger partial charge in [0.2, 0.25) is 0 Å². The molecule has 15 heavy (non-hydrogen) atoms. The largest absolute Gasteiger partial charge is 0.492 e. The molecule has 0 spiro atoms. The molecule has 1 aliphatic rings. The van der Waals surface area contributed by atoms with E-state index in [-0.39, 0.29) is 5.78 Å². The van der Waals surface area contributed by atoms with E-state index in [1.807, 2.05) is 0 Å². The van der Waals surface area contributed by atoms with Crippen molar-refractivity contribution in [2.45, 2.75) is 19.8 Å². The number of carbonyl (C=O) groups is 1. The van der Waals surface area contributed by atoms with Crippen molar-refractivity contribution in [3.8, 4) is 5.75 Å². The summed E-state index contributed by atoms with van der Waals surface area (Å²) in [5.74, 6) is 1.27. The zero-order valence-corrected chi connectivity index (χ0v) is 9.38. The lowest BCUT2D eigenvalue weighted by molar-refractivity contribution is 0.101. The highest BCUT2D eigenvalue weighted by Gasteiger charge is 2.22. The molecule has 0 heterocycles. The fourth-order valence-electron chi connectivity index (χ4n) is 1.39. The first-order chi connectivity index (χ1) is 7.18. The molecule has 0 saturated heterocycles. The number of halogens is 1. The molecule has 1 aromatic rings. The average molecular weight is 225 g/mol. The van der Waals surface area contributed by atoms with E-state index in [0.717, 1.165) is 0 Å². The summed E-state index contributed by atoms with van der Waals surface area (Å²) in [4.78, 5) is 11.2. The Hall–Kier alpha value is -1.02. The number of hydrogen-bond acceptors (Lipinski definition) is 2. The molecule has 0 unspecified atom stereocenters. The minimum absolute atomic E-state index is 0.0307. The molecule has 0 aromatic heterocycles. The lowest BCUT2D eigenvalue weighted by Gasteiger charge is -2.09. The first-order valence-corrected chi connectivity index (χ1v) is 5.48. The van der Waals surface area contributed by atoms with Crippen LogP contribution in [0.1, 0.15) is 30.1 Å². The van der Waals surface area contributed by atoms with Crippen LogP contribution in [0, 0.1) is 5.92 Å². The van der Waals surface area contributed by atoms with Crippen molar-refractivity contribution in [2.75, 3.05) is 6.61 Å². The van der Waals surface area contributed by atoms with Gasteiger partial charge in [-0.3, -0.25) is 4.79 Å². The molecule has 0 radical (unpaired) electrons. The molecule has 2 nitrogen and oxygen atoms in total. The Morgan fingerprint density at radius 3 is 2.87 bits per heavy atom. The number of ketones is 1. The van der Waals surface area contributed by atoms with Gasteiger partial charge in [-0.2, -0.15) is 0 Å². The molecule has 0 aliphatic heterocycles. The molecule has 0 atom stereocenters. The molecule has 80 valence electrons. The molecule has 1 aromatic carbocycles. The highest BCUT2D eigenvalue weighted by atomic mass is 35.5. The summed E-state index contributed by atoms with van der Waals surface area (Å²) in [5, 5.41) is 0.436. The van der Waals surface area contributed by atoms with Crippen LogP contribution >= 0.6 is 11.6 Å². The van der Waals surface area contributed by atoms with Crippen molar-refractivity contribution in [1.29, 1.82) is 0 Å². The van der Waals surface area contributed by atoms with Gasteiger partial charge < -0.3 is 4.74 Å². The first kappa shape index (κ1) is 10.5. The lowest BCUT2D eigenvalue weighted by Crippen LogP contribution is -2.01. The minimum atomic E-state index is -0.0307. The third-order valence-electron chi connectivity index (χ3n) is 2.51. The maximum atomic E-state index is 11.2. The maximum Gasteiger partial charge on any atom is 0.161 e. The van der Waals surface area contributed by atoms with Gasteiger partial charge in [-0.25, -0.2) is 0 Å². The van der Waals surface area contributed by atoms with Crippen molar-refractivity contribution in [3.05, 3.63) is 28.8 Å². The quantitative estimate of drug-likeness (QED) is 0.734. The number of hydrogen-bond donors (Lipinski definition) is 0. The number of ether oxygens (including phenoxy) is 1. The van der Waals surface area contributed by atoms with E-state index >= 15 is 0 Å². The molecule has 1 saturated carbocycles. The second-order valence-electron chi connectivity index (χ2n) is 3.93. The minimum Gasteiger partial charge on any atom is -0.492 e. The monoisotopic (exact) mass is 224 g/mol. The van der Waals surface area contributed by atoms with Crippen LogP contribution in [0.4, 0.5) is 0 Å². The van der Waals surface area contributed by atoms with Crippen molar-refractivity contribution in [1.82, 2.24) is 0 Å². The number of benzene rings is 1. The highest BCUT2D eigenvalue weighted by molar-refractivity contribution is 6.35. The van der Waals surface area contributed by atoms with Crippen LogP contribution in [-0.2, 0) is 0 Å². The van der Waals surface area contributed by atoms with E-state index < -0.39 is 0 Å². The SMILES string of the molecule is CC(=O)c1cccc(OCC2CC2)c1Cl. The Bertz CT molecular complexity index is 383. The van der Waals surface area contributed by atoms with Gasteiger partial charge in [0, 0.05) is 5.56 Å². The molecule has 3 heteroatoms. The normalized spacial score (nSPS) is 15.1. The van der Waals surface area contributed by atoms with Crippen LogP contribution in [0.3, 0.4) is 0 Å². The van der Waals surface area contributed by atoms with Crippen LogP contribution in [0.2, 0.25) is 5.02 Å². The Morgan fingerprint density at radius 1 is 1.53 bits per heavy atom. The summed E-state index contributed by atoms with van der Waals surface area (Å²) in [6.07, 6.45) is 2.48. The van der Waals surface area contributed by atoms with Gasteiger partial charge in [0.1, 0.15) is 5.75 Å². The summed E-state index contributed by atoms with van der Waals surface area (Å²) in [7, 11) is 0. The molecule has 0 amide bonds. The Labute approximate surface area is 94.2 Å². The number of carbonyl (C=O) groups excluding carboxylic acids is 1. The van der Waals surface area contributed by atoms with Crippen LogP contribution in [0.5, 0.6) is 5.75 Å². The van der Waals surface area contributed by atoms with E-state index in [2.05, 4.69) is 0 Å². The van der Waals surface area contributed by atoms with Crippen molar-refractivity contribution in [2.24, 2.45) is 5.92 Å². The van der Waals surface area contributed by atoms with Crippen molar-refractivity contribution in [3.63, 3.8) is 0 Å². The zero-order valence-electron chi connectivity index (χ0n) is 8.63. The van der Waals surface area contributed by atoms with E-state index in [1.165, 1.54) is 19.8 Å². The van der Waals surface area contributed by atoms with E-state index in [0.29, 0.717) is 28.9 Å². The Morgan fingerprint density at radius 2 is 2.27 bits per heavy atom. The summed E-state index contributed by atoms with van der Waals surface area (Å²) in [5.41, 5.74) is 0.532. The highest BCUT2D eigenvalue weighted by Crippen LogP contribution is 2.33. The predicted octanol–water partition coefficient (Wildman–Crippen LogP) is 3.33. The molecular weight excluding hydrogens is 212 g/mol. The zero-order chi connectivity index (χ0) is 10.8. The van der Waals surface area contributed by atoms with E-state index in [9.17, 15) is 4.79 Å².